The number of ketones is 1. The average Bonchev–Trinajstić information content (AvgIpc) is 2.53. The second-order valence-electron chi connectivity index (χ2n) is 6.64. The Morgan fingerprint density at radius 3 is 2.41 bits per heavy atom. The van der Waals surface area contributed by atoms with Crippen molar-refractivity contribution in [3.05, 3.63) is 34.9 Å². The molecule has 0 saturated heterocycles. The van der Waals surface area contributed by atoms with Crippen LogP contribution in [0.2, 0.25) is 0 Å². The fraction of sp³-hybridized carbons (Fsp3) is 0.632. The first-order valence-electron chi connectivity index (χ1n) is 8.53. The first-order chi connectivity index (χ1) is 10.5. The van der Waals surface area contributed by atoms with Gasteiger partial charge < -0.3 is 0 Å². The summed E-state index contributed by atoms with van der Waals surface area (Å²) in [5, 5.41) is 0. The van der Waals surface area contributed by atoms with Crippen molar-refractivity contribution >= 4 is 5.78 Å². The lowest BCUT2D eigenvalue weighted by Gasteiger charge is -2.27. The molecule has 1 nitrogen and oxygen atoms in total. The summed E-state index contributed by atoms with van der Waals surface area (Å²) in [5.41, 5.74) is 0.172. The highest BCUT2D eigenvalue weighted by Gasteiger charge is 2.29. The number of rotatable bonds is 6. The molecule has 1 saturated carbocycles. The van der Waals surface area contributed by atoms with Gasteiger partial charge in [0, 0.05) is 5.92 Å². The monoisotopic (exact) mass is 308 g/mol. The minimum Gasteiger partial charge on any atom is -0.294 e. The number of hydrogen-bond donors (Lipinski definition) is 0. The van der Waals surface area contributed by atoms with E-state index in [1.165, 1.54) is 44.7 Å². The van der Waals surface area contributed by atoms with Crippen molar-refractivity contribution in [3.63, 3.8) is 0 Å². The summed E-state index contributed by atoms with van der Waals surface area (Å²) in [4.78, 5) is 12.4. The SMILES string of the molecule is CCCCCC1CCC(C(=O)c2ccc(C)c(F)c2F)CC1. The standard InChI is InChI=1S/C19H26F2O/c1-3-4-5-6-14-8-10-15(11-9-14)19(22)16-12-7-13(2)17(20)18(16)21/h7,12,14-15H,3-6,8-11H2,1-2H3. The van der Waals surface area contributed by atoms with Crippen LogP contribution in [0.15, 0.2) is 12.1 Å². The van der Waals surface area contributed by atoms with Gasteiger partial charge in [0.15, 0.2) is 17.4 Å². The van der Waals surface area contributed by atoms with Gasteiger partial charge in [0.2, 0.25) is 0 Å². The zero-order chi connectivity index (χ0) is 16.1. The largest absolute Gasteiger partial charge is 0.294 e. The highest BCUT2D eigenvalue weighted by Crippen LogP contribution is 2.34. The number of unbranched alkanes of at least 4 members (excludes halogenated alkanes) is 2. The van der Waals surface area contributed by atoms with E-state index in [1.54, 1.807) is 0 Å². The number of benzene rings is 1. The minimum absolute atomic E-state index is 0.0717. The molecule has 1 aliphatic carbocycles. The van der Waals surface area contributed by atoms with Crippen LogP contribution in [0.1, 0.15) is 74.2 Å². The Morgan fingerprint density at radius 2 is 1.77 bits per heavy atom. The maximum Gasteiger partial charge on any atom is 0.169 e. The molecule has 22 heavy (non-hydrogen) atoms. The summed E-state index contributed by atoms with van der Waals surface area (Å²) >= 11 is 0. The van der Waals surface area contributed by atoms with Gasteiger partial charge >= 0.3 is 0 Å². The van der Waals surface area contributed by atoms with Gasteiger partial charge in [-0.25, -0.2) is 8.78 Å². The van der Waals surface area contributed by atoms with Crippen LogP contribution in [0.4, 0.5) is 8.78 Å². The van der Waals surface area contributed by atoms with Crippen molar-refractivity contribution < 1.29 is 13.6 Å². The number of halogens is 2. The second-order valence-corrected chi connectivity index (χ2v) is 6.64. The van der Waals surface area contributed by atoms with Gasteiger partial charge in [-0.3, -0.25) is 4.79 Å². The molecular weight excluding hydrogens is 282 g/mol. The number of carbonyl (C=O) groups is 1. The van der Waals surface area contributed by atoms with Crippen molar-refractivity contribution in [2.45, 2.75) is 65.2 Å². The van der Waals surface area contributed by atoms with Crippen LogP contribution < -0.4 is 0 Å². The zero-order valence-corrected chi connectivity index (χ0v) is 13.6. The second kappa shape index (κ2) is 7.85. The molecule has 0 spiro atoms. The van der Waals surface area contributed by atoms with Crippen LogP contribution in [0.25, 0.3) is 0 Å². The molecule has 0 aliphatic heterocycles. The molecule has 0 unspecified atom stereocenters. The summed E-state index contributed by atoms with van der Waals surface area (Å²) in [5.74, 6) is -1.52. The molecular formula is C19H26F2O. The third-order valence-electron chi connectivity index (χ3n) is 4.97. The summed E-state index contributed by atoms with van der Waals surface area (Å²) < 4.78 is 27.6. The molecule has 1 aliphatic rings. The Kier molecular flexibility index (Phi) is 6.10. The molecule has 1 aromatic rings. The van der Waals surface area contributed by atoms with Gasteiger partial charge in [0.25, 0.3) is 0 Å². The molecule has 3 heteroatoms. The van der Waals surface area contributed by atoms with E-state index >= 15 is 0 Å². The van der Waals surface area contributed by atoms with E-state index in [9.17, 15) is 13.6 Å². The molecule has 0 heterocycles. The van der Waals surface area contributed by atoms with Crippen LogP contribution in [0, 0.1) is 30.4 Å². The number of hydrogen-bond acceptors (Lipinski definition) is 1. The molecule has 122 valence electrons. The first kappa shape index (κ1) is 17.1. The van der Waals surface area contributed by atoms with Crippen molar-refractivity contribution in [1.82, 2.24) is 0 Å². The predicted molar refractivity (Wildman–Crippen MR) is 85.0 cm³/mol. The topological polar surface area (TPSA) is 17.1 Å². The molecule has 0 N–H and O–H groups in total. The molecule has 0 bridgehead atoms. The highest BCUT2D eigenvalue weighted by atomic mass is 19.2. The predicted octanol–water partition coefficient (Wildman–Crippen LogP) is 5.84. The molecule has 2 rings (SSSR count). The summed E-state index contributed by atoms with van der Waals surface area (Å²) in [6.45, 7) is 3.71. The molecule has 0 amide bonds. The van der Waals surface area contributed by atoms with Gasteiger partial charge in [0.1, 0.15) is 0 Å². The van der Waals surface area contributed by atoms with E-state index in [0.717, 1.165) is 25.7 Å². The van der Waals surface area contributed by atoms with Crippen molar-refractivity contribution in [2.24, 2.45) is 11.8 Å². The lowest BCUT2D eigenvalue weighted by atomic mass is 9.77. The zero-order valence-electron chi connectivity index (χ0n) is 13.6. The Bertz CT molecular complexity index is 516. The Labute approximate surface area is 132 Å². The molecule has 0 atom stereocenters. The molecule has 1 aromatic carbocycles. The summed E-state index contributed by atoms with van der Waals surface area (Å²) in [6, 6.07) is 2.92. The fourth-order valence-corrected chi connectivity index (χ4v) is 3.45. The van der Waals surface area contributed by atoms with Gasteiger partial charge in [-0.1, -0.05) is 38.7 Å². The van der Waals surface area contributed by atoms with E-state index in [2.05, 4.69) is 6.92 Å². The van der Waals surface area contributed by atoms with E-state index in [-0.39, 0.29) is 22.8 Å². The first-order valence-corrected chi connectivity index (χ1v) is 8.53. The van der Waals surface area contributed by atoms with E-state index in [1.807, 2.05) is 0 Å². The van der Waals surface area contributed by atoms with Gasteiger partial charge in [0.05, 0.1) is 5.56 Å². The van der Waals surface area contributed by atoms with E-state index in [0.29, 0.717) is 5.92 Å². The molecule has 0 radical (unpaired) electrons. The molecule has 0 aromatic heterocycles. The van der Waals surface area contributed by atoms with Crippen molar-refractivity contribution in [3.8, 4) is 0 Å². The average molecular weight is 308 g/mol. The Hall–Kier alpha value is -1.25. The van der Waals surface area contributed by atoms with Crippen molar-refractivity contribution in [1.29, 1.82) is 0 Å². The lowest BCUT2D eigenvalue weighted by molar-refractivity contribution is 0.0864. The third kappa shape index (κ3) is 3.93. The van der Waals surface area contributed by atoms with Crippen molar-refractivity contribution in [2.75, 3.05) is 0 Å². The van der Waals surface area contributed by atoms with E-state index < -0.39 is 11.6 Å². The van der Waals surface area contributed by atoms with Gasteiger partial charge in [-0.15, -0.1) is 0 Å². The van der Waals surface area contributed by atoms with Crippen LogP contribution in [0.3, 0.4) is 0 Å². The maximum absolute atomic E-state index is 14.0. The van der Waals surface area contributed by atoms with Crippen LogP contribution in [-0.4, -0.2) is 5.78 Å². The third-order valence-corrected chi connectivity index (χ3v) is 4.97. The number of carbonyl (C=O) groups excluding carboxylic acids is 1. The lowest BCUT2D eigenvalue weighted by Crippen LogP contribution is -2.23. The van der Waals surface area contributed by atoms with Crippen LogP contribution in [-0.2, 0) is 0 Å². The van der Waals surface area contributed by atoms with Crippen LogP contribution in [0.5, 0.6) is 0 Å². The minimum atomic E-state index is -0.977. The smallest absolute Gasteiger partial charge is 0.169 e. The van der Waals surface area contributed by atoms with Crippen LogP contribution >= 0.6 is 0 Å². The van der Waals surface area contributed by atoms with Gasteiger partial charge in [-0.05, 0) is 50.2 Å². The highest BCUT2D eigenvalue weighted by molar-refractivity contribution is 5.98. The number of Topliss-reactive ketones (excluding diaryl/α,β-unsaturated/α-hetero) is 1. The summed E-state index contributed by atoms with van der Waals surface area (Å²) in [6.07, 6.45) is 8.69. The quantitative estimate of drug-likeness (QED) is 0.476. The summed E-state index contributed by atoms with van der Waals surface area (Å²) in [7, 11) is 0. The fourth-order valence-electron chi connectivity index (χ4n) is 3.45. The number of aryl methyl sites for hydroxylation is 1. The normalized spacial score (nSPS) is 21.8. The molecule has 1 fully saturated rings. The van der Waals surface area contributed by atoms with E-state index in [4.69, 9.17) is 0 Å². The Balaban J connectivity index is 1.94. The Morgan fingerprint density at radius 1 is 1.09 bits per heavy atom. The maximum atomic E-state index is 14.0. The van der Waals surface area contributed by atoms with Gasteiger partial charge in [-0.2, -0.15) is 0 Å².